The topological polar surface area (TPSA) is 85.2 Å². The molecule has 1 aliphatic heterocycles. The largest absolute Gasteiger partial charge is 0.338 e. The van der Waals surface area contributed by atoms with Gasteiger partial charge in [0.15, 0.2) is 9.84 Å². The summed E-state index contributed by atoms with van der Waals surface area (Å²) in [4.78, 5) is 26.0. The molecule has 0 saturated carbocycles. The highest BCUT2D eigenvalue weighted by molar-refractivity contribution is 7.91. The molecule has 1 aromatic carbocycles. The Morgan fingerprint density at radius 2 is 1.78 bits per heavy atom. The monoisotopic (exact) mass is 520 g/mol. The molecule has 1 saturated heterocycles. The molecule has 1 fully saturated rings. The van der Waals surface area contributed by atoms with Crippen LogP contribution in [-0.4, -0.2) is 52.6 Å². The van der Waals surface area contributed by atoms with Gasteiger partial charge in [-0.1, -0.05) is 23.8 Å². The van der Waals surface area contributed by atoms with E-state index >= 15 is 0 Å². The molecule has 0 radical (unpaired) electrons. The van der Waals surface area contributed by atoms with Crippen LogP contribution in [-0.2, 0) is 16.4 Å². The zero-order chi connectivity index (χ0) is 25.1. The van der Waals surface area contributed by atoms with Crippen LogP contribution in [0.2, 0.25) is 0 Å². The smallest absolute Gasteiger partial charge is 0.263 e. The van der Waals surface area contributed by atoms with Gasteiger partial charge in [0.2, 0.25) is 0 Å². The number of piperidine rings is 1. The highest BCUT2D eigenvalue weighted by Gasteiger charge is 2.28. The van der Waals surface area contributed by atoms with E-state index in [-0.39, 0.29) is 17.6 Å². The predicted octanol–water partition coefficient (Wildman–Crippen LogP) is 4.81. The van der Waals surface area contributed by atoms with Gasteiger partial charge >= 0.3 is 0 Å². The molecule has 1 aliphatic rings. The van der Waals surface area contributed by atoms with Crippen LogP contribution >= 0.6 is 11.3 Å². The molecule has 0 unspecified atom stereocenters. The number of aromatic nitrogens is 3. The van der Waals surface area contributed by atoms with Gasteiger partial charge in [0, 0.05) is 44.1 Å². The predicted molar refractivity (Wildman–Crippen MR) is 141 cm³/mol. The lowest BCUT2D eigenvalue weighted by Crippen LogP contribution is -2.38. The van der Waals surface area contributed by atoms with Gasteiger partial charge in [0.05, 0.1) is 26.1 Å². The van der Waals surface area contributed by atoms with Gasteiger partial charge in [-0.05, 0) is 56.2 Å². The van der Waals surface area contributed by atoms with Crippen LogP contribution in [0, 0.1) is 6.92 Å². The van der Waals surface area contributed by atoms with E-state index < -0.39 is 9.84 Å². The van der Waals surface area contributed by atoms with Crippen molar-refractivity contribution in [3.05, 3.63) is 89.5 Å². The minimum atomic E-state index is -3.37. The molecule has 9 heteroatoms. The van der Waals surface area contributed by atoms with E-state index in [1.807, 2.05) is 65.1 Å². The van der Waals surface area contributed by atoms with Crippen LogP contribution in [0.15, 0.2) is 78.1 Å². The molecular weight excluding hydrogens is 492 g/mol. The van der Waals surface area contributed by atoms with Gasteiger partial charge < -0.3 is 9.47 Å². The molecule has 36 heavy (non-hydrogen) atoms. The van der Waals surface area contributed by atoms with Crippen molar-refractivity contribution >= 4 is 27.1 Å². The number of likely N-dealkylation sites (tertiary alicyclic amines) is 1. The van der Waals surface area contributed by atoms with E-state index in [4.69, 9.17) is 0 Å². The summed E-state index contributed by atoms with van der Waals surface area (Å²) in [6.45, 7) is 3.59. The van der Waals surface area contributed by atoms with E-state index in [2.05, 4.69) is 9.97 Å². The number of sulfone groups is 1. The fourth-order valence-corrected chi connectivity index (χ4v) is 6.72. The average Bonchev–Trinajstić information content (AvgIpc) is 3.58. The van der Waals surface area contributed by atoms with Crippen LogP contribution in [0.25, 0.3) is 10.6 Å². The van der Waals surface area contributed by atoms with Crippen LogP contribution in [0.1, 0.15) is 39.8 Å². The number of pyridine rings is 1. The number of hydrogen-bond acceptors (Lipinski definition) is 6. The fraction of sp³-hybridized carbons (Fsp3) is 0.296. The second-order valence-corrected chi connectivity index (χ2v) is 12.2. The van der Waals surface area contributed by atoms with E-state index in [1.54, 1.807) is 24.5 Å². The Balaban J connectivity index is 1.19. The maximum atomic E-state index is 13.1. The lowest BCUT2D eigenvalue weighted by molar-refractivity contribution is 0.0715. The number of benzene rings is 1. The first-order valence-electron chi connectivity index (χ1n) is 12.0. The molecule has 1 amide bonds. The lowest BCUT2D eigenvalue weighted by atomic mass is 9.95. The molecule has 0 spiro atoms. The van der Waals surface area contributed by atoms with Crippen LogP contribution in [0.3, 0.4) is 0 Å². The summed E-state index contributed by atoms with van der Waals surface area (Å²) in [5, 5.41) is 0. The van der Waals surface area contributed by atoms with Gasteiger partial charge in [-0.25, -0.2) is 13.4 Å². The van der Waals surface area contributed by atoms with Gasteiger partial charge in [-0.15, -0.1) is 11.3 Å². The molecule has 186 valence electrons. The Kier molecular flexibility index (Phi) is 7.02. The van der Waals surface area contributed by atoms with Crippen molar-refractivity contribution in [2.45, 2.75) is 37.1 Å². The highest BCUT2D eigenvalue weighted by Crippen LogP contribution is 2.31. The zero-order valence-corrected chi connectivity index (χ0v) is 21.7. The Hall–Kier alpha value is -3.30. The van der Waals surface area contributed by atoms with Crippen LogP contribution in [0.4, 0.5) is 0 Å². The summed E-state index contributed by atoms with van der Waals surface area (Å²) in [6, 6.07) is 16.6. The summed E-state index contributed by atoms with van der Waals surface area (Å²) in [7, 11) is -3.37. The molecule has 0 N–H and O–H groups in total. The van der Waals surface area contributed by atoms with Crippen molar-refractivity contribution in [2.75, 3.05) is 18.8 Å². The standard InChI is InChI=1S/C27H28N4O3S2/c1-20-5-7-22(8-6-20)36(33,34)19-18-30-17-14-29-26(30)21-11-15-31(16-12-21)27(32)25-10-9-24(35-25)23-4-2-3-13-28-23/h2-10,13-14,17,21H,11-12,15-16,18-19H2,1H3. The van der Waals surface area contributed by atoms with E-state index in [0.29, 0.717) is 24.5 Å². The Morgan fingerprint density at radius 1 is 1.00 bits per heavy atom. The number of carbonyl (C=O) groups is 1. The van der Waals surface area contributed by atoms with Crippen molar-refractivity contribution in [1.82, 2.24) is 19.4 Å². The van der Waals surface area contributed by atoms with Crippen molar-refractivity contribution < 1.29 is 13.2 Å². The number of amides is 1. The lowest BCUT2D eigenvalue weighted by Gasteiger charge is -2.31. The first-order valence-corrected chi connectivity index (χ1v) is 14.5. The number of aryl methyl sites for hydroxylation is 2. The van der Waals surface area contributed by atoms with Crippen LogP contribution < -0.4 is 0 Å². The first-order chi connectivity index (χ1) is 17.4. The maximum absolute atomic E-state index is 13.1. The first kappa shape index (κ1) is 24.4. The normalized spacial score (nSPS) is 14.8. The van der Waals surface area contributed by atoms with Gasteiger partial charge in [-0.3, -0.25) is 9.78 Å². The number of carbonyl (C=O) groups excluding carboxylic acids is 1. The zero-order valence-electron chi connectivity index (χ0n) is 20.1. The molecule has 0 atom stereocenters. The van der Waals surface area contributed by atoms with Gasteiger partial charge in [0.25, 0.3) is 5.91 Å². The average molecular weight is 521 g/mol. The Bertz CT molecular complexity index is 1440. The summed E-state index contributed by atoms with van der Waals surface area (Å²) in [6.07, 6.45) is 6.93. The number of nitrogens with zero attached hydrogens (tertiary/aromatic N) is 4. The summed E-state index contributed by atoms with van der Waals surface area (Å²) < 4.78 is 27.5. The second kappa shape index (κ2) is 10.4. The molecule has 5 rings (SSSR count). The van der Waals surface area contributed by atoms with Crippen molar-refractivity contribution in [3.8, 4) is 10.6 Å². The third kappa shape index (κ3) is 5.27. The molecule has 0 aliphatic carbocycles. The quantitative estimate of drug-likeness (QED) is 0.349. The van der Waals surface area contributed by atoms with Gasteiger partial charge in [0.1, 0.15) is 5.82 Å². The Labute approximate surface area is 215 Å². The van der Waals surface area contributed by atoms with E-state index in [0.717, 1.165) is 39.7 Å². The van der Waals surface area contributed by atoms with Crippen molar-refractivity contribution in [3.63, 3.8) is 0 Å². The number of hydrogen-bond donors (Lipinski definition) is 0. The molecular formula is C27H28N4O3S2. The molecule has 7 nitrogen and oxygen atoms in total. The van der Waals surface area contributed by atoms with E-state index in [1.165, 1.54) is 11.3 Å². The van der Waals surface area contributed by atoms with Crippen molar-refractivity contribution in [2.24, 2.45) is 0 Å². The Morgan fingerprint density at radius 3 is 2.50 bits per heavy atom. The second-order valence-electron chi connectivity index (χ2n) is 9.06. The summed E-state index contributed by atoms with van der Waals surface area (Å²) in [5.41, 5.74) is 1.90. The van der Waals surface area contributed by atoms with Crippen LogP contribution in [0.5, 0.6) is 0 Å². The van der Waals surface area contributed by atoms with E-state index in [9.17, 15) is 13.2 Å². The SMILES string of the molecule is Cc1ccc(S(=O)(=O)CCn2ccnc2C2CCN(C(=O)c3ccc(-c4ccccn4)s3)CC2)cc1. The molecule has 4 heterocycles. The minimum Gasteiger partial charge on any atom is -0.338 e. The number of rotatable bonds is 7. The summed E-state index contributed by atoms with van der Waals surface area (Å²) in [5.74, 6) is 1.16. The van der Waals surface area contributed by atoms with Crippen molar-refractivity contribution in [1.29, 1.82) is 0 Å². The number of imidazole rings is 1. The third-order valence-corrected chi connectivity index (χ3v) is 9.42. The molecule has 4 aromatic rings. The minimum absolute atomic E-state index is 0.0216. The highest BCUT2D eigenvalue weighted by atomic mass is 32.2. The molecule has 3 aromatic heterocycles. The van der Waals surface area contributed by atoms with Gasteiger partial charge in [-0.2, -0.15) is 0 Å². The summed E-state index contributed by atoms with van der Waals surface area (Å²) >= 11 is 1.47. The third-order valence-electron chi connectivity index (χ3n) is 6.61. The number of thiophene rings is 1. The fourth-order valence-electron chi connectivity index (χ4n) is 4.55. The maximum Gasteiger partial charge on any atom is 0.263 e. The molecule has 0 bridgehead atoms.